The summed E-state index contributed by atoms with van der Waals surface area (Å²) in [5.41, 5.74) is -1.89. The molecule has 1 amide bonds. The number of aliphatic hydroxyl groups is 1. The van der Waals surface area contributed by atoms with Crippen molar-refractivity contribution in [3.8, 4) is 11.3 Å². The Bertz CT molecular complexity index is 1350. The van der Waals surface area contributed by atoms with E-state index in [4.69, 9.17) is 16.7 Å². The third-order valence-electron chi connectivity index (χ3n) is 5.82. The first-order chi connectivity index (χ1) is 18.6. The quantitative estimate of drug-likeness (QED) is 0.276. The van der Waals surface area contributed by atoms with Gasteiger partial charge in [0.05, 0.1) is 18.0 Å². The number of hydrogen-bond acceptors (Lipinski definition) is 8. The molecule has 0 saturated carbocycles. The van der Waals surface area contributed by atoms with E-state index in [9.17, 15) is 22.4 Å². The minimum Gasteiger partial charge on any atom is -0.395 e. The number of β-amino-alcohol motifs (C(OH)–C–C–N with tert-alkyl or cyclic N) is 1. The number of rotatable bonds is 8. The van der Waals surface area contributed by atoms with Gasteiger partial charge in [0.2, 0.25) is 0 Å². The van der Waals surface area contributed by atoms with Gasteiger partial charge in [0.1, 0.15) is 11.6 Å². The molecule has 1 saturated heterocycles. The molecule has 1 aromatic carbocycles. The summed E-state index contributed by atoms with van der Waals surface area (Å²) in [7, 11) is 0. The van der Waals surface area contributed by atoms with Crippen molar-refractivity contribution in [3.63, 3.8) is 0 Å². The maximum Gasteiger partial charge on any atom is 0.437 e. The maximum atomic E-state index is 14.3. The van der Waals surface area contributed by atoms with Crippen molar-refractivity contribution in [2.24, 2.45) is 0 Å². The average Bonchev–Trinajstić information content (AvgIpc) is 2.89. The average molecular weight is 566 g/mol. The molecule has 0 unspecified atom stereocenters. The molecule has 14 heteroatoms. The third-order valence-corrected chi connectivity index (χ3v) is 6.05. The summed E-state index contributed by atoms with van der Waals surface area (Å²) in [6.07, 6.45) is -0.549. The molecule has 3 N–H and O–H groups in total. The molecule has 9 nitrogen and oxygen atoms in total. The lowest BCUT2D eigenvalue weighted by Gasteiger charge is -2.33. The van der Waals surface area contributed by atoms with Crippen molar-refractivity contribution < 1.29 is 27.5 Å². The van der Waals surface area contributed by atoms with E-state index < -0.39 is 29.3 Å². The van der Waals surface area contributed by atoms with Gasteiger partial charge in [0, 0.05) is 73.5 Å². The number of halogens is 5. The molecule has 0 aliphatic carbocycles. The SMILES string of the molecule is O=C(C=CN1CCN(CCO)CC1)Nc1cc(Nc2cc(-c3cc(Cl)ccc3F)nnc2C(F)(F)F)ccn1. The summed E-state index contributed by atoms with van der Waals surface area (Å²) in [6.45, 7) is 3.62. The van der Waals surface area contributed by atoms with Crippen molar-refractivity contribution in [1.82, 2.24) is 25.0 Å². The minimum absolute atomic E-state index is 0.0932. The van der Waals surface area contributed by atoms with Crippen LogP contribution in [0.4, 0.5) is 34.8 Å². The fourth-order valence-corrected chi connectivity index (χ4v) is 4.04. The molecule has 3 heterocycles. The zero-order valence-electron chi connectivity index (χ0n) is 20.4. The van der Waals surface area contributed by atoms with Gasteiger partial charge in [-0.1, -0.05) is 11.6 Å². The van der Waals surface area contributed by atoms with Gasteiger partial charge in [-0.3, -0.25) is 9.69 Å². The Morgan fingerprint density at radius 1 is 1.10 bits per heavy atom. The van der Waals surface area contributed by atoms with Crippen LogP contribution < -0.4 is 10.6 Å². The second kappa shape index (κ2) is 12.4. The summed E-state index contributed by atoms with van der Waals surface area (Å²) >= 11 is 5.91. The summed E-state index contributed by atoms with van der Waals surface area (Å²) in [5, 5.41) is 21.2. The molecule has 1 aliphatic rings. The van der Waals surface area contributed by atoms with Crippen LogP contribution in [0.3, 0.4) is 0 Å². The Morgan fingerprint density at radius 3 is 2.59 bits per heavy atom. The van der Waals surface area contributed by atoms with E-state index in [1.54, 1.807) is 6.20 Å². The van der Waals surface area contributed by atoms with Gasteiger partial charge in [0.15, 0.2) is 5.69 Å². The van der Waals surface area contributed by atoms with Gasteiger partial charge < -0.3 is 20.6 Å². The molecule has 3 aromatic rings. The van der Waals surface area contributed by atoms with Crippen LogP contribution in [0, 0.1) is 5.82 Å². The van der Waals surface area contributed by atoms with E-state index in [2.05, 4.69) is 30.7 Å². The van der Waals surface area contributed by atoms with Crippen LogP contribution in [0.15, 0.2) is 54.9 Å². The van der Waals surface area contributed by atoms with E-state index in [0.717, 1.165) is 25.2 Å². The Labute approximate surface area is 226 Å². The molecule has 2 aromatic heterocycles. The Hall–Kier alpha value is -3.81. The number of nitrogens with one attached hydrogen (secondary N) is 2. The van der Waals surface area contributed by atoms with E-state index in [1.807, 2.05) is 4.90 Å². The number of nitrogens with zero attached hydrogens (tertiary/aromatic N) is 5. The minimum atomic E-state index is -4.85. The predicted octanol–water partition coefficient (Wildman–Crippen LogP) is 4.16. The van der Waals surface area contributed by atoms with Crippen LogP contribution in [0.25, 0.3) is 11.3 Å². The van der Waals surface area contributed by atoms with Gasteiger partial charge >= 0.3 is 6.18 Å². The first-order valence-electron chi connectivity index (χ1n) is 11.8. The lowest BCUT2D eigenvalue weighted by molar-refractivity contribution is -0.141. The van der Waals surface area contributed by atoms with Crippen molar-refractivity contribution in [2.45, 2.75) is 6.18 Å². The second-order valence-electron chi connectivity index (χ2n) is 8.57. The molecular weight excluding hydrogens is 542 g/mol. The highest BCUT2D eigenvalue weighted by atomic mass is 35.5. The standard InChI is InChI=1S/C25H24ClF4N7O2/c26-16-1-2-19(27)18(13-16)20-15-21(24(35-34-20)25(28,29)30)32-17-3-5-31-22(14-17)33-23(39)4-6-36-7-9-37(10-8-36)11-12-38/h1-6,13-15,38H,7-12H2,(H2,31,32,33,34,39). The normalized spacial score (nSPS) is 14.6. The van der Waals surface area contributed by atoms with Gasteiger partial charge in [0.25, 0.3) is 5.91 Å². The number of hydrogen-bond donors (Lipinski definition) is 3. The zero-order valence-corrected chi connectivity index (χ0v) is 21.2. The summed E-state index contributed by atoms with van der Waals surface area (Å²) in [6, 6.07) is 7.38. The van der Waals surface area contributed by atoms with Crippen LogP contribution in [-0.2, 0) is 11.0 Å². The van der Waals surface area contributed by atoms with Crippen LogP contribution in [-0.4, -0.2) is 75.3 Å². The number of carbonyl (C=O) groups excluding carboxylic acids is 1. The highest BCUT2D eigenvalue weighted by Gasteiger charge is 2.37. The number of amides is 1. The molecule has 4 rings (SSSR count). The molecule has 206 valence electrons. The molecule has 0 radical (unpaired) electrons. The fraction of sp³-hybridized carbons (Fsp3) is 0.280. The Kier molecular flexibility index (Phi) is 8.94. The summed E-state index contributed by atoms with van der Waals surface area (Å²) in [5.74, 6) is -1.11. The number of aliphatic hydroxyl groups excluding tert-OH is 1. The van der Waals surface area contributed by atoms with Crippen molar-refractivity contribution in [1.29, 1.82) is 0 Å². The zero-order chi connectivity index (χ0) is 28.0. The Morgan fingerprint density at radius 2 is 1.87 bits per heavy atom. The first kappa shape index (κ1) is 28.2. The molecule has 0 bridgehead atoms. The van der Waals surface area contributed by atoms with Gasteiger partial charge in [-0.25, -0.2) is 9.37 Å². The Balaban J connectivity index is 1.48. The highest BCUT2D eigenvalue weighted by molar-refractivity contribution is 6.30. The number of benzene rings is 1. The van der Waals surface area contributed by atoms with Crippen molar-refractivity contribution >= 4 is 34.7 Å². The monoisotopic (exact) mass is 565 g/mol. The molecule has 0 spiro atoms. The maximum absolute atomic E-state index is 14.3. The molecule has 1 aliphatic heterocycles. The van der Waals surface area contributed by atoms with E-state index in [-0.39, 0.29) is 34.4 Å². The number of alkyl halides is 3. The number of pyridine rings is 1. The van der Waals surface area contributed by atoms with Crippen LogP contribution in [0.2, 0.25) is 5.02 Å². The topological polar surface area (TPSA) is 107 Å². The highest BCUT2D eigenvalue weighted by Crippen LogP contribution is 2.36. The largest absolute Gasteiger partial charge is 0.437 e. The van der Waals surface area contributed by atoms with Crippen LogP contribution >= 0.6 is 11.6 Å². The predicted molar refractivity (Wildman–Crippen MR) is 138 cm³/mol. The second-order valence-corrected chi connectivity index (χ2v) is 9.01. The summed E-state index contributed by atoms with van der Waals surface area (Å²) < 4.78 is 55.3. The van der Waals surface area contributed by atoms with E-state index in [1.165, 1.54) is 36.5 Å². The number of piperazine rings is 1. The number of aromatic nitrogens is 3. The molecule has 0 atom stereocenters. The molecule has 1 fully saturated rings. The number of anilines is 3. The van der Waals surface area contributed by atoms with E-state index >= 15 is 0 Å². The lowest BCUT2D eigenvalue weighted by Crippen LogP contribution is -2.45. The van der Waals surface area contributed by atoms with Crippen LogP contribution in [0.1, 0.15) is 5.69 Å². The molecular formula is C25H24ClF4N7O2. The fourth-order valence-electron chi connectivity index (χ4n) is 3.87. The van der Waals surface area contributed by atoms with Crippen LogP contribution in [0.5, 0.6) is 0 Å². The lowest BCUT2D eigenvalue weighted by atomic mass is 10.1. The molecule has 39 heavy (non-hydrogen) atoms. The van der Waals surface area contributed by atoms with Crippen molar-refractivity contribution in [3.05, 3.63) is 71.4 Å². The van der Waals surface area contributed by atoms with Gasteiger partial charge in [-0.05, 0) is 30.3 Å². The number of carbonyl (C=O) groups is 1. The van der Waals surface area contributed by atoms with Gasteiger partial charge in [-0.2, -0.15) is 13.2 Å². The van der Waals surface area contributed by atoms with E-state index in [0.29, 0.717) is 19.6 Å². The van der Waals surface area contributed by atoms with Gasteiger partial charge in [-0.15, -0.1) is 10.2 Å². The van der Waals surface area contributed by atoms with Crippen molar-refractivity contribution in [2.75, 3.05) is 50.0 Å². The first-order valence-corrected chi connectivity index (χ1v) is 12.2. The summed E-state index contributed by atoms with van der Waals surface area (Å²) in [4.78, 5) is 20.5. The smallest absolute Gasteiger partial charge is 0.395 e. The third kappa shape index (κ3) is 7.62.